The van der Waals surface area contributed by atoms with Gasteiger partial charge in [-0.05, 0) is 18.6 Å². The first-order valence-electron chi connectivity index (χ1n) is 5.88. The standard InChI is InChI=1S/C13H14ClNO4/c1-7-3-2-4-9(11(7)14)12(17)15-6-8(16)5-10(15)13(18)19/h2-4,8,10,16H,5-6H2,1H3,(H,18,19)/t8?,10-/m0/s1. The molecule has 0 spiro atoms. The maximum atomic E-state index is 12.3. The smallest absolute Gasteiger partial charge is 0.326 e. The van der Waals surface area contributed by atoms with Gasteiger partial charge in [0, 0.05) is 13.0 Å². The van der Waals surface area contributed by atoms with E-state index in [0.29, 0.717) is 5.02 Å². The molecule has 1 heterocycles. The number of aryl methyl sites for hydroxylation is 1. The number of rotatable bonds is 2. The molecule has 0 saturated carbocycles. The zero-order valence-corrected chi connectivity index (χ0v) is 11.1. The second kappa shape index (κ2) is 5.19. The Hall–Kier alpha value is -1.59. The third kappa shape index (κ3) is 2.57. The second-order valence-corrected chi connectivity index (χ2v) is 5.02. The van der Waals surface area contributed by atoms with Crippen LogP contribution >= 0.6 is 11.6 Å². The highest BCUT2D eigenvalue weighted by molar-refractivity contribution is 6.34. The molecule has 19 heavy (non-hydrogen) atoms. The number of nitrogens with zero attached hydrogens (tertiary/aromatic N) is 1. The molecule has 1 fully saturated rings. The van der Waals surface area contributed by atoms with Crippen molar-refractivity contribution in [2.45, 2.75) is 25.5 Å². The van der Waals surface area contributed by atoms with Crippen LogP contribution < -0.4 is 0 Å². The number of benzene rings is 1. The van der Waals surface area contributed by atoms with Crippen LogP contribution in [0, 0.1) is 6.92 Å². The van der Waals surface area contributed by atoms with Crippen LogP contribution in [0.2, 0.25) is 5.02 Å². The molecular formula is C13H14ClNO4. The van der Waals surface area contributed by atoms with Gasteiger partial charge in [0.05, 0.1) is 16.7 Å². The van der Waals surface area contributed by atoms with Gasteiger partial charge in [-0.3, -0.25) is 4.79 Å². The fraction of sp³-hybridized carbons (Fsp3) is 0.385. The predicted octanol–water partition coefficient (Wildman–Crippen LogP) is 1.31. The van der Waals surface area contributed by atoms with Crippen LogP contribution in [0.1, 0.15) is 22.3 Å². The van der Waals surface area contributed by atoms with Gasteiger partial charge in [0.2, 0.25) is 0 Å². The number of likely N-dealkylation sites (tertiary alicyclic amines) is 1. The molecular weight excluding hydrogens is 270 g/mol. The molecule has 0 radical (unpaired) electrons. The summed E-state index contributed by atoms with van der Waals surface area (Å²) in [5.74, 6) is -1.58. The number of hydrogen-bond donors (Lipinski definition) is 2. The van der Waals surface area contributed by atoms with Crippen LogP contribution in [0.3, 0.4) is 0 Å². The first-order chi connectivity index (χ1) is 8.91. The Morgan fingerprint density at radius 1 is 1.42 bits per heavy atom. The lowest BCUT2D eigenvalue weighted by molar-refractivity contribution is -0.141. The molecule has 6 heteroatoms. The van der Waals surface area contributed by atoms with Gasteiger partial charge in [0.25, 0.3) is 5.91 Å². The SMILES string of the molecule is Cc1cccc(C(=O)N2CC(O)C[C@H]2C(=O)O)c1Cl. The van der Waals surface area contributed by atoms with Crippen LogP contribution in [-0.4, -0.2) is 45.7 Å². The topological polar surface area (TPSA) is 77.8 Å². The number of amides is 1. The highest BCUT2D eigenvalue weighted by atomic mass is 35.5. The summed E-state index contributed by atoms with van der Waals surface area (Å²) in [4.78, 5) is 24.6. The number of carboxylic acids is 1. The molecule has 1 saturated heterocycles. The lowest BCUT2D eigenvalue weighted by atomic mass is 10.1. The van der Waals surface area contributed by atoms with E-state index in [-0.39, 0.29) is 18.5 Å². The van der Waals surface area contributed by atoms with Crippen molar-refractivity contribution in [1.29, 1.82) is 0 Å². The average Bonchev–Trinajstić information content (AvgIpc) is 2.74. The summed E-state index contributed by atoms with van der Waals surface area (Å²) in [6.45, 7) is 1.78. The van der Waals surface area contributed by atoms with Gasteiger partial charge in [0.1, 0.15) is 6.04 Å². The predicted molar refractivity (Wildman–Crippen MR) is 69.3 cm³/mol. The summed E-state index contributed by atoms with van der Waals surface area (Å²) >= 11 is 6.07. The Kier molecular flexibility index (Phi) is 3.78. The van der Waals surface area contributed by atoms with Gasteiger partial charge in [-0.2, -0.15) is 0 Å². The number of aliphatic hydroxyl groups excluding tert-OH is 1. The normalized spacial score (nSPS) is 22.6. The third-order valence-corrected chi connectivity index (χ3v) is 3.75. The van der Waals surface area contributed by atoms with E-state index in [1.54, 1.807) is 25.1 Å². The maximum absolute atomic E-state index is 12.3. The molecule has 1 aromatic carbocycles. The quantitative estimate of drug-likeness (QED) is 0.858. The van der Waals surface area contributed by atoms with Crippen molar-refractivity contribution in [3.8, 4) is 0 Å². The number of carbonyl (C=O) groups excluding carboxylic acids is 1. The Morgan fingerprint density at radius 2 is 2.11 bits per heavy atom. The van der Waals surface area contributed by atoms with E-state index in [1.165, 1.54) is 0 Å². The molecule has 2 atom stereocenters. The highest BCUT2D eigenvalue weighted by Crippen LogP contribution is 2.26. The van der Waals surface area contributed by atoms with E-state index in [0.717, 1.165) is 10.5 Å². The molecule has 102 valence electrons. The van der Waals surface area contributed by atoms with Gasteiger partial charge in [-0.1, -0.05) is 23.7 Å². The number of aliphatic carboxylic acids is 1. The summed E-state index contributed by atoms with van der Waals surface area (Å²) in [5, 5.41) is 18.9. The molecule has 1 aliphatic heterocycles. The zero-order chi connectivity index (χ0) is 14.2. The lowest BCUT2D eigenvalue weighted by Crippen LogP contribution is -2.40. The number of halogens is 1. The minimum atomic E-state index is -1.12. The zero-order valence-electron chi connectivity index (χ0n) is 10.3. The number of hydrogen-bond acceptors (Lipinski definition) is 3. The Morgan fingerprint density at radius 3 is 2.74 bits per heavy atom. The van der Waals surface area contributed by atoms with E-state index in [4.69, 9.17) is 16.7 Å². The molecule has 2 rings (SSSR count). The van der Waals surface area contributed by atoms with Crippen molar-refractivity contribution in [1.82, 2.24) is 4.90 Å². The van der Waals surface area contributed by atoms with Crippen molar-refractivity contribution in [2.24, 2.45) is 0 Å². The van der Waals surface area contributed by atoms with E-state index in [1.807, 2.05) is 0 Å². The van der Waals surface area contributed by atoms with Gasteiger partial charge >= 0.3 is 5.97 Å². The van der Waals surface area contributed by atoms with E-state index >= 15 is 0 Å². The van der Waals surface area contributed by atoms with Crippen LogP contribution in [0.5, 0.6) is 0 Å². The van der Waals surface area contributed by atoms with Crippen molar-refractivity contribution >= 4 is 23.5 Å². The summed E-state index contributed by atoms with van der Waals surface area (Å²) in [6, 6.07) is 4.02. The Bertz CT molecular complexity index is 531. The number of β-amino-alcohol motifs (C(OH)–C–C–N with tert-alkyl or cyclic N) is 1. The monoisotopic (exact) mass is 283 g/mol. The Labute approximate surface area is 115 Å². The van der Waals surface area contributed by atoms with E-state index in [9.17, 15) is 14.7 Å². The van der Waals surface area contributed by atoms with Crippen LogP contribution in [-0.2, 0) is 4.79 Å². The molecule has 1 aliphatic rings. The molecule has 0 bridgehead atoms. The third-order valence-electron chi connectivity index (χ3n) is 3.25. The molecule has 5 nitrogen and oxygen atoms in total. The van der Waals surface area contributed by atoms with Gasteiger partial charge in [-0.25, -0.2) is 4.79 Å². The molecule has 1 aromatic rings. The molecule has 1 unspecified atom stereocenters. The summed E-state index contributed by atoms with van der Waals surface area (Å²) in [5.41, 5.74) is 1.01. The number of carbonyl (C=O) groups is 2. The fourth-order valence-corrected chi connectivity index (χ4v) is 2.45. The fourth-order valence-electron chi connectivity index (χ4n) is 2.24. The van der Waals surface area contributed by atoms with Crippen molar-refractivity contribution < 1.29 is 19.8 Å². The largest absolute Gasteiger partial charge is 0.480 e. The van der Waals surface area contributed by atoms with Crippen LogP contribution in [0.4, 0.5) is 0 Å². The number of carboxylic acid groups (broad SMARTS) is 1. The highest BCUT2D eigenvalue weighted by Gasteiger charge is 2.39. The lowest BCUT2D eigenvalue weighted by Gasteiger charge is -2.22. The second-order valence-electron chi connectivity index (χ2n) is 4.64. The Balaban J connectivity index is 2.33. The molecule has 1 amide bonds. The average molecular weight is 284 g/mol. The molecule has 2 N–H and O–H groups in total. The summed E-state index contributed by atoms with van der Waals surface area (Å²) < 4.78 is 0. The van der Waals surface area contributed by atoms with Gasteiger partial charge in [0.15, 0.2) is 0 Å². The van der Waals surface area contributed by atoms with E-state index < -0.39 is 24.0 Å². The summed E-state index contributed by atoms with van der Waals surface area (Å²) in [6.07, 6.45) is -0.765. The minimum Gasteiger partial charge on any atom is -0.480 e. The van der Waals surface area contributed by atoms with Gasteiger partial charge < -0.3 is 15.1 Å². The minimum absolute atomic E-state index is 0.0140. The van der Waals surface area contributed by atoms with Gasteiger partial charge in [-0.15, -0.1) is 0 Å². The summed E-state index contributed by atoms with van der Waals surface area (Å²) in [7, 11) is 0. The van der Waals surface area contributed by atoms with Crippen LogP contribution in [0.25, 0.3) is 0 Å². The first kappa shape index (κ1) is 13.8. The first-order valence-corrected chi connectivity index (χ1v) is 6.26. The number of aliphatic hydroxyl groups is 1. The van der Waals surface area contributed by atoms with E-state index in [2.05, 4.69) is 0 Å². The maximum Gasteiger partial charge on any atom is 0.326 e. The molecule has 0 aromatic heterocycles. The van der Waals surface area contributed by atoms with Crippen molar-refractivity contribution in [3.63, 3.8) is 0 Å². The van der Waals surface area contributed by atoms with Crippen LogP contribution in [0.15, 0.2) is 18.2 Å². The molecule has 0 aliphatic carbocycles. The van der Waals surface area contributed by atoms with Crippen molar-refractivity contribution in [2.75, 3.05) is 6.54 Å². The van der Waals surface area contributed by atoms with Crippen molar-refractivity contribution in [3.05, 3.63) is 34.3 Å².